The van der Waals surface area contributed by atoms with Crippen LogP contribution in [-0.2, 0) is 6.61 Å². The largest absolute Gasteiger partial charge is 0.493 e. The third kappa shape index (κ3) is 4.25. The fourth-order valence-corrected chi connectivity index (χ4v) is 3.17. The van der Waals surface area contributed by atoms with E-state index in [4.69, 9.17) is 21.1 Å². The number of hydrogen-bond donors (Lipinski definition) is 1. The van der Waals surface area contributed by atoms with Crippen molar-refractivity contribution in [2.24, 2.45) is 0 Å². The monoisotopic (exact) mass is 408 g/mol. The quantitative estimate of drug-likeness (QED) is 0.403. The Morgan fingerprint density at radius 3 is 2.55 bits per heavy atom. The highest BCUT2D eigenvalue weighted by atomic mass is 35.5. The van der Waals surface area contributed by atoms with Gasteiger partial charge in [-0.15, -0.1) is 0 Å². The molecule has 0 spiro atoms. The van der Waals surface area contributed by atoms with Gasteiger partial charge in [0.1, 0.15) is 12.4 Å². The minimum absolute atomic E-state index is 0.324. The first kappa shape index (κ1) is 19.0. The van der Waals surface area contributed by atoms with Crippen molar-refractivity contribution in [2.45, 2.75) is 6.61 Å². The van der Waals surface area contributed by atoms with Crippen molar-refractivity contribution in [2.75, 3.05) is 12.4 Å². The van der Waals surface area contributed by atoms with E-state index in [1.165, 1.54) is 6.07 Å². The van der Waals surface area contributed by atoms with Gasteiger partial charge in [0.2, 0.25) is 0 Å². The standard InChI is InChI=1S/C23H18ClFN2O2/c1-28-22-12-17-19(27-20-8-7-16(24)11-18(20)25)9-10-26-21(17)13-23(22)29-14-15-5-3-2-4-6-15/h2-13H,14H2,1H3,(H,26,27). The number of fused-ring (bicyclic) bond motifs is 1. The lowest BCUT2D eigenvalue weighted by Gasteiger charge is -2.15. The van der Waals surface area contributed by atoms with E-state index in [2.05, 4.69) is 10.3 Å². The Bertz CT molecular complexity index is 1150. The number of ether oxygens (including phenoxy) is 2. The van der Waals surface area contributed by atoms with Crippen LogP contribution < -0.4 is 14.8 Å². The molecule has 4 nitrogen and oxygen atoms in total. The van der Waals surface area contributed by atoms with E-state index in [1.54, 1.807) is 31.5 Å². The Kier molecular flexibility index (Phi) is 5.49. The van der Waals surface area contributed by atoms with Crippen LogP contribution in [0, 0.1) is 5.82 Å². The normalized spacial score (nSPS) is 10.7. The predicted octanol–water partition coefficient (Wildman–Crippen LogP) is 6.36. The van der Waals surface area contributed by atoms with Gasteiger partial charge in [-0.1, -0.05) is 41.9 Å². The van der Waals surface area contributed by atoms with E-state index in [9.17, 15) is 4.39 Å². The lowest BCUT2D eigenvalue weighted by Crippen LogP contribution is -1.99. The fourth-order valence-electron chi connectivity index (χ4n) is 3.01. The molecule has 6 heteroatoms. The van der Waals surface area contributed by atoms with Crippen LogP contribution in [0.5, 0.6) is 11.5 Å². The summed E-state index contributed by atoms with van der Waals surface area (Å²) in [7, 11) is 1.58. The Morgan fingerprint density at radius 1 is 0.966 bits per heavy atom. The second kappa shape index (κ2) is 8.37. The molecule has 0 saturated carbocycles. The van der Waals surface area contributed by atoms with E-state index in [0.717, 1.165) is 10.9 Å². The first-order valence-electron chi connectivity index (χ1n) is 8.99. The molecule has 1 heterocycles. The van der Waals surface area contributed by atoms with Gasteiger partial charge in [-0.05, 0) is 35.9 Å². The molecule has 0 radical (unpaired) electrons. The van der Waals surface area contributed by atoms with E-state index in [1.807, 2.05) is 42.5 Å². The van der Waals surface area contributed by atoms with Gasteiger partial charge in [-0.3, -0.25) is 4.98 Å². The number of nitrogens with zero attached hydrogens (tertiary/aromatic N) is 1. The molecule has 0 fully saturated rings. The molecule has 4 rings (SSSR count). The van der Waals surface area contributed by atoms with Crippen LogP contribution >= 0.6 is 11.6 Å². The van der Waals surface area contributed by atoms with Crippen molar-refractivity contribution >= 4 is 33.9 Å². The summed E-state index contributed by atoms with van der Waals surface area (Å²) in [6.07, 6.45) is 1.66. The van der Waals surface area contributed by atoms with Gasteiger partial charge in [0, 0.05) is 28.4 Å². The average Bonchev–Trinajstić information content (AvgIpc) is 2.74. The minimum Gasteiger partial charge on any atom is -0.493 e. The van der Waals surface area contributed by atoms with Crippen LogP contribution in [-0.4, -0.2) is 12.1 Å². The maximum atomic E-state index is 14.2. The van der Waals surface area contributed by atoms with E-state index in [-0.39, 0.29) is 0 Å². The van der Waals surface area contributed by atoms with Gasteiger partial charge in [-0.2, -0.15) is 0 Å². The maximum Gasteiger partial charge on any atom is 0.163 e. The van der Waals surface area contributed by atoms with E-state index >= 15 is 0 Å². The van der Waals surface area contributed by atoms with Crippen molar-refractivity contribution in [3.63, 3.8) is 0 Å². The molecule has 0 saturated heterocycles. The lowest BCUT2D eigenvalue weighted by molar-refractivity contribution is 0.285. The molecule has 3 aromatic carbocycles. The molecule has 0 bridgehead atoms. The van der Waals surface area contributed by atoms with Gasteiger partial charge in [0.25, 0.3) is 0 Å². The minimum atomic E-state index is -0.433. The summed E-state index contributed by atoms with van der Waals surface area (Å²) in [4.78, 5) is 4.42. The average molecular weight is 409 g/mol. The smallest absolute Gasteiger partial charge is 0.163 e. The molecular weight excluding hydrogens is 391 g/mol. The van der Waals surface area contributed by atoms with Crippen molar-refractivity contribution in [1.82, 2.24) is 4.98 Å². The number of methoxy groups -OCH3 is 1. The van der Waals surface area contributed by atoms with Crippen LogP contribution in [0.15, 0.2) is 72.9 Å². The first-order chi connectivity index (χ1) is 14.1. The number of aromatic nitrogens is 1. The SMILES string of the molecule is COc1cc2c(Nc3ccc(Cl)cc3F)ccnc2cc1OCc1ccccc1. The Hall–Kier alpha value is -3.31. The Labute approximate surface area is 172 Å². The van der Waals surface area contributed by atoms with Crippen LogP contribution in [0.25, 0.3) is 10.9 Å². The zero-order valence-corrected chi connectivity index (χ0v) is 16.4. The number of halogens is 2. The second-order valence-electron chi connectivity index (χ2n) is 6.40. The molecule has 0 aliphatic rings. The molecule has 0 atom stereocenters. The second-order valence-corrected chi connectivity index (χ2v) is 6.84. The van der Waals surface area contributed by atoms with Crippen molar-refractivity contribution in [1.29, 1.82) is 0 Å². The molecule has 0 amide bonds. The summed E-state index contributed by atoms with van der Waals surface area (Å²) in [5.74, 6) is 0.726. The van der Waals surface area contributed by atoms with Gasteiger partial charge in [-0.25, -0.2) is 4.39 Å². The molecule has 29 heavy (non-hydrogen) atoms. The predicted molar refractivity (Wildman–Crippen MR) is 114 cm³/mol. The zero-order valence-electron chi connectivity index (χ0n) is 15.7. The molecule has 146 valence electrons. The Balaban J connectivity index is 1.67. The third-order valence-corrected chi connectivity index (χ3v) is 4.70. The highest BCUT2D eigenvalue weighted by Gasteiger charge is 2.12. The summed E-state index contributed by atoms with van der Waals surface area (Å²) in [5.41, 5.74) is 2.78. The van der Waals surface area contributed by atoms with Crippen molar-refractivity contribution < 1.29 is 13.9 Å². The topological polar surface area (TPSA) is 43.4 Å². The fraction of sp³-hybridized carbons (Fsp3) is 0.0870. The molecular formula is C23H18ClFN2O2. The van der Waals surface area contributed by atoms with Crippen LogP contribution in [0.4, 0.5) is 15.8 Å². The lowest BCUT2D eigenvalue weighted by atomic mass is 10.1. The van der Waals surface area contributed by atoms with Gasteiger partial charge < -0.3 is 14.8 Å². The summed E-state index contributed by atoms with van der Waals surface area (Å²) in [5, 5.41) is 4.23. The molecule has 1 N–H and O–H groups in total. The zero-order chi connectivity index (χ0) is 20.2. The Morgan fingerprint density at radius 2 is 1.79 bits per heavy atom. The van der Waals surface area contributed by atoms with E-state index in [0.29, 0.717) is 40.0 Å². The van der Waals surface area contributed by atoms with Crippen molar-refractivity contribution in [3.05, 3.63) is 89.3 Å². The maximum absolute atomic E-state index is 14.2. The number of pyridine rings is 1. The third-order valence-electron chi connectivity index (χ3n) is 4.46. The number of rotatable bonds is 6. The van der Waals surface area contributed by atoms with Crippen LogP contribution in [0.2, 0.25) is 5.02 Å². The highest BCUT2D eigenvalue weighted by Crippen LogP contribution is 2.36. The highest BCUT2D eigenvalue weighted by molar-refractivity contribution is 6.30. The van der Waals surface area contributed by atoms with Crippen LogP contribution in [0.3, 0.4) is 0 Å². The molecule has 0 aliphatic carbocycles. The summed E-state index contributed by atoms with van der Waals surface area (Å²) < 4.78 is 25.7. The number of anilines is 2. The molecule has 0 aliphatic heterocycles. The first-order valence-corrected chi connectivity index (χ1v) is 9.37. The number of nitrogens with one attached hydrogen (secondary N) is 1. The summed E-state index contributed by atoms with van der Waals surface area (Å²) >= 11 is 5.84. The van der Waals surface area contributed by atoms with Gasteiger partial charge in [0.15, 0.2) is 11.5 Å². The number of hydrogen-bond acceptors (Lipinski definition) is 4. The van der Waals surface area contributed by atoms with Crippen LogP contribution in [0.1, 0.15) is 5.56 Å². The summed E-state index contributed by atoms with van der Waals surface area (Å²) in [6, 6.07) is 19.8. The van der Waals surface area contributed by atoms with Gasteiger partial charge in [0.05, 0.1) is 18.3 Å². The molecule has 4 aromatic rings. The summed E-state index contributed by atoms with van der Waals surface area (Å²) in [6.45, 7) is 0.413. The number of benzene rings is 3. The van der Waals surface area contributed by atoms with E-state index < -0.39 is 5.82 Å². The molecule has 1 aromatic heterocycles. The van der Waals surface area contributed by atoms with Crippen molar-refractivity contribution in [3.8, 4) is 11.5 Å². The van der Waals surface area contributed by atoms with Gasteiger partial charge >= 0.3 is 0 Å². The molecule has 0 unspecified atom stereocenters.